The van der Waals surface area contributed by atoms with Crippen molar-refractivity contribution in [3.63, 3.8) is 0 Å². The molecule has 0 aliphatic carbocycles. The van der Waals surface area contributed by atoms with Gasteiger partial charge in [-0.1, -0.05) is 6.07 Å². The highest BCUT2D eigenvalue weighted by atomic mass is 32.2. The average molecular weight is 355 g/mol. The van der Waals surface area contributed by atoms with Gasteiger partial charge in [0.15, 0.2) is 0 Å². The summed E-state index contributed by atoms with van der Waals surface area (Å²) in [4.78, 5) is 14.5. The Bertz CT molecular complexity index is 670. The summed E-state index contributed by atoms with van der Waals surface area (Å²) in [6.07, 6.45) is 2.84. The number of benzene rings is 1. The standard InChI is InChI=1S/C16H25N3O4S/c1-18-9-7-13(8-10-18)17-16(20)12-19(24(3,21)22)14-5-4-6-15(11-14)23-2/h4-6,11,13H,7-10,12H2,1-3H3,(H,17,20). The van der Waals surface area contributed by atoms with Crippen LogP contribution in [0.4, 0.5) is 5.69 Å². The highest BCUT2D eigenvalue weighted by Crippen LogP contribution is 2.22. The molecule has 0 radical (unpaired) electrons. The first-order valence-corrected chi connectivity index (χ1v) is 9.74. The zero-order valence-electron chi connectivity index (χ0n) is 14.4. The van der Waals surface area contributed by atoms with E-state index in [2.05, 4.69) is 10.2 Å². The fourth-order valence-electron chi connectivity index (χ4n) is 2.72. The van der Waals surface area contributed by atoms with Crippen LogP contribution in [0.5, 0.6) is 5.75 Å². The molecule has 2 rings (SSSR count). The van der Waals surface area contributed by atoms with Crippen molar-refractivity contribution < 1.29 is 17.9 Å². The Morgan fingerprint density at radius 2 is 2.04 bits per heavy atom. The molecule has 1 saturated heterocycles. The molecule has 0 unspecified atom stereocenters. The summed E-state index contributed by atoms with van der Waals surface area (Å²) in [7, 11) is -0.0204. The van der Waals surface area contributed by atoms with Gasteiger partial charge in [0.1, 0.15) is 12.3 Å². The highest BCUT2D eigenvalue weighted by molar-refractivity contribution is 7.92. The van der Waals surface area contributed by atoms with E-state index in [0.717, 1.165) is 36.5 Å². The predicted octanol–water partition coefficient (Wildman–Crippen LogP) is 0.672. The number of piperidine rings is 1. The van der Waals surface area contributed by atoms with Crippen LogP contribution in [0.3, 0.4) is 0 Å². The lowest BCUT2D eigenvalue weighted by Gasteiger charge is -2.30. The molecule has 1 fully saturated rings. The number of amides is 1. The molecule has 1 aliphatic rings. The number of ether oxygens (including phenoxy) is 1. The third-order valence-electron chi connectivity index (χ3n) is 4.11. The van der Waals surface area contributed by atoms with E-state index >= 15 is 0 Å². The number of methoxy groups -OCH3 is 1. The van der Waals surface area contributed by atoms with Gasteiger partial charge in [-0.05, 0) is 45.1 Å². The van der Waals surface area contributed by atoms with Crippen LogP contribution in [0.2, 0.25) is 0 Å². The van der Waals surface area contributed by atoms with Crippen LogP contribution in [0.15, 0.2) is 24.3 Å². The summed E-state index contributed by atoms with van der Waals surface area (Å²) >= 11 is 0. The highest BCUT2D eigenvalue weighted by Gasteiger charge is 2.24. The van der Waals surface area contributed by atoms with Gasteiger partial charge in [-0.25, -0.2) is 8.42 Å². The number of carbonyl (C=O) groups excluding carboxylic acids is 1. The lowest BCUT2D eigenvalue weighted by atomic mass is 10.1. The number of likely N-dealkylation sites (tertiary alicyclic amines) is 1. The maximum atomic E-state index is 12.3. The largest absolute Gasteiger partial charge is 0.497 e. The second kappa shape index (κ2) is 7.85. The molecular weight excluding hydrogens is 330 g/mol. The van der Waals surface area contributed by atoms with Crippen molar-refractivity contribution >= 4 is 21.6 Å². The van der Waals surface area contributed by atoms with E-state index in [1.807, 2.05) is 7.05 Å². The maximum Gasteiger partial charge on any atom is 0.240 e. The van der Waals surface area contributed by atoms with Crippen molar-refractivity contribution in [2.24, 2.45) is 0 Å². The molecule has 0 atom stereocenters. The van der Waals surface area contributed by atoms with E-state index in [-0.39, 0.29) is 18.5 Å². The molecule has 1 aliphatic heterocycles. The molecule has 1 N–H and O–H groups in total. The predicted molar refractivity (Wildman–Crippen MR) is 93.8 cm³/mol. The minimum Gasteiger partial charge on any atom is -0.497 e. The van der Waals surface area contributed by atoms with Gasteiger partial charge in [0, 0.05) is 12.1 Å². The second-order valence-electron chi connectivity index (χ2n) is 6.12. The van der Waals surface area contributed by atoms with E-state index in [4.69, 9.17) is 4.74 Å². The number of anilines is 1. The Labute approximate surface area is 143 Å². The number of nitrogens with one attached hydrogen (secondary N) is 1. The Balaban J connectivity index is 2.07. The van der Waals surface area contributed by atoms with Crippen molar-refractivity contribution in [2.75, 3.05) is 44.4 Å². The Kier molecular flexibility index (Phi) is 6.06. The van der Waals surface area contributed by atoms with E-state index in [1.54, 1.807) is 24.3 Å². The molecule has 0 bridgehead atoms. The molecule has 1 heterocycles. The van der Waals surface area contributed by atoms with Gasteiger partial charge in [0.25, 0.3) is 0 Å². The van der Waals surface area contributed by atoms with Gasteiger partial charge in [-0.15, -0.1) is 0 Å². The number of hydrogen-bond donors (Lipinski definition) is 1. The molecule has 1 amide bonds. The zero-order valence-corrected chi connectivity index (χ0v) is 15.2. The molecule has 8 heteroatoms. The van der Waals surface area contributed by atoms with Crippen LogP contribution in [0, 0.1) is 0 Å². The normalized spacial score (nSPS) is 16.6. The average Bonchev–Trinajstić information content (AvgIpc) is 2.54. The third-order valence-corrected chi connectivity index (χ3v) is 5.25. The summed E-state index contributed by atoms with van der Waals surface area (Å²) in [6, 6.07) is 6.76. The van der Waals surface area contributed by atoms with Crippen LogP contribution >= 0.6 is 0 Å². The van der Waals surface area contributed by atoms with Crippen molar-refractivity contribution in [3.8, 4) is 5.75 Å². The molecule has 0 aromatic heterocycles. The second-order valence-corrected chi connectivity index (χ2v) is 8.02. The van der Waals surface area contributed by atoms with E-state index in [9.17, 15) is 13.2 Å². The van der Waals surface area contributed by atoms with Crippen LogP contribution < -0.4 is 14.4 Å². The van der Waals surface area contributed by atoms with Crippen molar-refractivity contribution in [3.05, 3.63) is 24.3 Å². The van der Waals surface area contributed by atoms with E-state index in [0.29, 0.717) is 11.4 Å². The van der Waals surface area contributed by atoms with Gasteiger partial charge in [-0.3, -0.25) is 9.10 Å². The topological polar surface area (TPSA) is 79.0 Å². The van der Waals surface area contributed by atoms with Crippen LogP contribution in [0.1, 0.15) is 12.8 Å². The lowest BCUT2D eigenvalue weighted by Crippen LogP contribution is -2.47. The first-order valence-electron chi connectivity index (χ1n) is 7.89. The number of hydrogen-bond acceptors (Lipinski definition) is 5. The quantitative estimate of drug-likeness (QED) is 0.811. The summed E-state index contributed by atoms with van der Waals surface area (Å²) in [6.45, 7) is 1.62. The van der Waals surface area contributed by atoms with Crippen LogP contribution in [-0.2, 0) is 14.8 Å². The molecule has 134 valence electrons. The van der Waals surface area contributed by atoms with Crippen LogP contribution in [-0.4, -0.2) is 65.3 Å². The SMILES string of the molecule is COc1cccc(N(CC(=O)NC2CCN(C)CC2)S(C)(=O)=O)c1. The van der Waals surface area contributed by atoms with Gasteiger partial charge in [-0.2, -0.15) is 0 Å². The van der Waals surface area contributed by atoms with Gasteiger partial charge in [0.05, 0.1) is 19.1 Å². The third kappa shape index (κ3) is 5.10. The Morgan fingerprint density at radius 1 is 1.38 bits per heavy atom. The number of carbonyl (C=O) groups is 1. The monoisotopic (exact) mass is 355 g/mol. The first-order chi connectivity index (χ1) is 11.3. The van der Waals surface area contributed by atoms with E-state index in [1.165, 1.54) is 7.11 Å². The van der Waals surface area contributed by atoms with Crippen LogP contribution in [0.25, 0.3) is 0 Å². The summed E-state index contributed by atoms with van der Waals surface area (Å²) in [5, 5.41) is 2.94. The summed E-state index contributed by atoms with van der Waals surface area (Å²) in [5.74, 6) is 0.245. The number of nitrogens with zero attached hydrogens (tertiary/aromatic N) is 2. The van der Waals surface area contributed by atoms with Crippen molar-refractivity contribution in [1.29, 1.82) is 0 Å². The fraction of sp³-hybridized carbons (Fsp3) is 0.562. The molecular formula is C16H25N3O4S. The van der Waals surface area contributed by atoms with Gasteiger partial charge >= 0.3 is 0 Å². The first kappa shape index (κ1) is 18.5. The Morgan fingerprint density at radius 3 is 2.62 bits per heavy atom. The smallest absolute Gasteiger partial charge is 0.240 e. The van der Waals surface area contributed by atoms with Gasteiger partial charge in [0.2, 0.25) is 15.9 Å². The van der Waals surface area contributed by atoms with Crippen molar-refractivity contribution in [1.82, 2.24) is 10.2 Å². The summed E-state index contributed by atoms with van der Waals surface area (Å²) < 4.78 is 30.4. The minimum atomic E-state index is -3.58. The fourth-order valence-corrected chi connectivity index (χ4v) is 3.57. The zero-order chi connectivity index (χ0) is 17.7. The summed E-state index contributed by atoms with van der Waals surface area (Å²) in [5.41, 5.74) is 0.412. The molecule has 1 aromatic rings. The molecule has 0 saturated carbocycles. The van der Waals surface area contributed by atoms with Gasteiger partial charge < -0.3 is 15.0 Å². The van der Waals surface area contributed by atoms with Crippen molar-refractivity contribution in [2.45, 2.75) is 18.9 Å². The number of rotatable bonds is 6. The lowest BCUT2D eigenvalue weighted by molar-refractivity contribution is -0.120. The molecule has 24 heavy (non-hydrogen) atoms. The Hall–Kier alpha value is -1.80. The van der Waals surface area contributed by atoms with E-state index < -0.39 is 10.0 Å². The molecule has 1 aromatic carbocycles. The maximum absolute atomic E-state index is 12.3. The molecule has 7 nitrogen and oxygen atoms in total. The molecule has 0 spiro atoms. The minimum absolute atomic E-state index is 0.0976. The number of sulfonamides is 1.